The minimum atomic E-state index is -3.58. The van der Waals surface area contributed by atoms with Crippen molar-refractivity contribution in [1.29, 1.82) is 0 Å². The van der Waals surface area contributed by atoms with Gasteiger partial charge in [0.1, 0.15) is 22.0 Å². The molecule has 0 aliphatic rings. The number of benzene rings is 3. The molecule has 0 atom stereocenters. The van der Waals surface area contributed by atoms with E-state index in [-0.39, 0.29) is 15.5 Å². The van der Waals surface area contributed by atoms with Gasteiger partial charge in [-0.05, 0) is 81.0 Å². The number of nitrogens with one attached hydrogen (secondary N) is 2. The van der Waals surface area contributed by atoms with E-state index in [9.17, 15) is 16.8 Å². The number of unbranched alkanes of at least 4 members (excludes halogenated alkanes) is 1. The van der Waals surface area contributed by atoms with Crippen LogP contribution in [0.1, 0.15) is 12.8 Å². The predicted molar refractivity (Wildman–Crippen MR) is 156 cm³/mol. The molecule has 0 radical (unpaired) electrons. The van der Waals surface area contributed by atoms with Gasteiger partial charge in [0.25, 0.3) is 0 Å². The lowest BCUT2D eigenvalue weighted by Gasteiger charge is -2.16. The molecule has 0 bridgehead atoms. The second-order valence-electron chi connectivity index (χ2n) is 9.49. The maximum atomic E-state index is 12.9. The Morgan fingerprint density at radius 2 is 1.49 bits per heavy atom. The van der Waals surface area contributed by atoms with E-state index in [0.29, 0.717) is 18.1 Å². The van der Waals surface area contributed by atoms with Crippen LogP contribution < -0.4 is 10.6 Å². The standard InChI is InChI=1S/C28H33N5O4S2/c1-33(18-19-38(2,34)35)17-7-6-16-29-23-12-15-27-26(20-23)28(31-21-30-27)32-22-10-13-25(14-11-22)39(36,37)24-8-4-3-5-9-24/h3-5,8-15,20-21,29H,6-7,16-19H2,1-2H3,(H,30,31,32). The molecule has 3 aromatic carbocycles. The van der Waals surface area contributed by atoms with Gasteiger partial charge in [0.15, 0.2) is 0 Å². The predicted octanol–water partition coefficient (Wildman–Crippen LogP) is 4.37. The average molecular weight is 568 g/mol. The quantitative estimate of drug-likeness (QED) is 0.227. The highest BCUT2D eigenvalue weighted by atomic mass is 32.2. The molecule has 0 fully saturated rings. The summed E-state index contributed by atoms with van der Waals surface area (Å²) >= 11 is 0. The molecule has 0 unspecified atom stereocenters. The fourth-order valence-corrected chi connectivity index (χ4v) is 5.95. The Hall–Kier alpha value is -3.54. The molecule has 206 valence electrons. The molecule has 0 spiro atoms. The first-order valence-electron chi connectivity index (χ1n) is 12.6. The molecule has 0 saturated heterocycles. The van der Waals surface area contributed by atoms with E-state index < -0.39 is 19.7 Å². The molecular weight excluding hydrogens is 534 g/mol. The van der Waals surface area contributed by atoms with Crippen molar-refractivity contribution >= 4 is 47.8 Å². The molecule has 4 aromatic rings. The Kier molecular flexibility index (Phi) is 9.16. The van der Waals surface area contributed by atoms with E-state index in [4.69, 9.17) is 0 Å². The lowest BCUT2D eigenvalue weighted by atomic mass is 10.2. The third kappa shape index (κ3) is 7.98. The van der Waals surface area contributed by atoms with Crippen LogP contribution >= 0.6 is 0 Å². The molecule has 0 amide bonds. The number of hydrogen-bond donors (Lipinski definition) is 2. The molecule has 1 aromatic heterocycles. The minimum absolute atomic E-state index is 0.175. The molecule has 9 nitrogen and oxygen atoms in total. The molecule has 2 N–H and O–H groups in total. The number of rotatable bonds is 13. The highest BCUT2D eigenvalue weighted by molar-refractivity contribution is 7.91. The van der Waals surface area contributed by atoms with E-state index in [0.717, 1.165) is 42.5 Å². The van der Waals surface area contributed by atoms with Crippen molar-refractivity contribution in [3.8, 4) is 0 Å². The fourth-order valence-electron chi connectivity index (χ4n) is 4.03. The van der Waals surface area contributed by atoms with Crippen molar-refractivity contribution < 1.29 is 16.8 Å². The summed E-state index contributed by atoms with van der Waals surface area (Å²) in [5.41, 5.74) is 2.43. The van der Waals surface area contributed by atoms with E-state index in [2.05, 4.69) is 20.6 Å². The molecule has 11 heteroatoms. The molecule has 0 aliphatic carbocycles. The first-order chi connectivity index (χ1) is 18.6. The van der Waals surface area contributed by atoms with Gasteiger partial charge in [-0.2, -0.15) is 0 Å². The van der Waals surface area contributed by atoms with E-state index in [1.165, 1.54) is 12.6 Å². The molecule has 0 aliphatic heterocycles. The van der Waals surface area contributed by atoms with Gasteiger partial charge < -0.3 is 15.5 Å². The summed E-state index contributed by atoms with van der Waals surface area (Å²) in [5.74, 6) is 0.795. The van der Waals surface area contributed by atoms with Crippen LogP contribution in [-0.2, 0) is 19.7 Å². The zero-order valence-corrected chi connectivity index (χ0v) is 23.7. The largest absolute Gasteiger partial charge is 0.385 e. The van der Waals surface area contributed by atoms with Gasteiger partial charge >= 0.3 is 0 Å². The van der Waals surface area contributed by atoms with Crippen LogP contribution in [0.3, 0.4) is 0 Å². The van der Waals surface area contributed by atoms with Crippen LogP contribution in [0.25, 0.3) is 10.9 Å². The van der Waals surface area contributed by atoms with Crippen molar-refractivity contribution in [1.82, 2.24) is 14.9 Å². The first-order valence-corrected chi connectivity index (χ1v) is 16.2. The SMILES string of the molecule is CN(CCCCNc1ccc2ncnc(Nc3ccc(S(=O)(=O)c4ccccc4)cc3)c2c1)CCS(C)(=O)=O. The van der Waals surface area contributed by atoms with Gasteiger partial charge in [-0.1, -0.05) is 18.2 Å². The summed E-state index contributed by atoms with van der Waals surface area (Å²) in [6.07, 6.45) is 4.64. The molecule has 0 saturated carbocycles. The highest BCUT2D eigenvalue weighted by Crippen LogP contribution is 2.27. The van der Waals surface area contributed by atoms with E-state index in [1.54, 1.807) is 54.6 Å². The monoisotopic (exact) mass is 567 g/mol. The highest BCUT2D eigenvalue weighted by Gasteiger charge is 2.17. The molecule has 1 heterocycles. The van der Waals surface area contributed by atoms with Crippen molar-refractivity contribution in [2.45, 2.75) is 22.6 Å². The summed E-state index contributed by atoms with van der Waals surface area (Å²) in [4.78, 5) is 11.3. The van der Waals surface area contributed by atoms with Crippen molar-refractivity contribution in [3.63, 3.8) is 0 Å². The summed E-state index contributed by atoms with van der Waals surface area (Å²) in [7, 11) is -4.59. The maximum Gasteiger partial charge on any atom is 0.206 e. The van der Waals surface area contributed by atoms with Gasteiger partial charge in [0, 0.05) is 36.1 Å². The second kappa shape index (κ2) is 12.5. The summed E-state index contributed by atoms with van der Waals surface area (Å²) in [6.45, 7) is 2.15. The van der Waals surface area contributed by atoms with Crippen molar-refractivity contribution in [2.75, 3.05) is 49.3 Å². The minimum Gasteiger partial charge on any atom is -0.385 e. The van der Waals surface area contributed by atoms with Crippen molar-refractivity contribution in [3.05, 3.63) is 79.1 Å². The molecule has 4 rings (SSSR count). The smallest absolute Gasteiger partial charge is 0.206 e. The third-order valence-corrected chi connectivity index (χ3v) is 8.97. The Morgan fingerprint density at radius 1 is 0.795 bits per heavy atom. The number of aromatic nitrogens is 2. The Bertz CT molecular complexity index is 1610. The van der Waals surface area contributed by atoms with E-state index in [1.807, 2.05) is 30.1 Å². The lowest BCUT2D eigenvalue weighted by Crippen LogP contribution is -2.26. The van der Waals surface area contributed by atoms with E-state index >= 15 is 0 Å². The maximum absolute atomic E-state index is 12.9. The second-order valence-corrected chi connectivity index (χ2v) is 13.7. The van der Waals surface area contributed by atoms with Gasteiger partial charge in [0.2, 0.25) is 9.84 Å². The lowest BCUT2D eigenvalue weighted by molar-refractivity contribution is 0.345. The van der Waals surface area contributed by atoms with Crippen LogP contribution in [0.2, 0.25) is 0 Å². The van der Waals surface area contributed by atoms with Gasteiger partial charge in [-0.25, -0.2) is 26.8 Å². The number of fused-ring (bicyclic) bond motifs is 1. The average Bonchev–Trinajstić information content (AvgIpc) is 2.92. The zero-order valence-electron chi connectivity index (χ0n) is 22.0. The fraction of sp³-hybridized carbons (Fsp3) is 0.286. The summed E-state index contributed by atoms with van der Waals surface area (Å²) in [5, 5.41) is 7.55. The first kappa shape index (κ1) is 28.5. The Morgan fingerprint density at radius 3 is 2.21 bits per heavy atom. The van der Waals surface area contributed by atoms with Crippen LogP contribution in [-0.4, -0.2) is 70.4 Å². The Balaban J connectivity index is 1.37. The molecular formula is C28H33N5O4S2. The van der Waals surface area contributed by atoms with Crippen LogP contribution in [0.4, 0.5) is 17.2 Å². The number of nitrogens with zero attached hydrogens (tertiary/aromatic N) is 3. The van der Waals surface area contributed by atoms with Crippen molar-refractivity contribution in [2.24, 2.45) is 0 Å². The van der Waals surface area contributed by atoms with Gasteiger partial charge in [0.05, 0.1) is 21.1 Å². The van der Waals surface area contributed by atoms with Crippen LogP contribution in [0, 0.1) is 0 Å². The third-order valence-electron chi connectivity index (χ3n) is 6.26. The van der Waals surface area contributed by atoms with Gasteiger partial charge in [-0.15, -0.1) is 0 Å². The summed E-state index contributed by atoms with van der Waals surface area (Å²) in [6, 6.07) is 20.9. The topological polar surface area (TPSA) is 121 Å². The number of sulfone groups is 2. The van der Waals surface area contributed by atoms with Gasteiger partial charge in [-0.3, -0.25) is 0 Å². The molecule has 39 heavy (non-hydrogen) atoms. The Labute approximate surface area is 230 Å². The van der Waals surface area contributed by atoms with Crippen LogP contribution in [0.15, 0.2) is 88.9 Å². The number of hydrogen-bond acceptors (Lipinski definition) is 9. The number of anilines is 3. The zero-order chi connectivity index (χ0) is 27.9. The normalized spacial score (nSPS) is 12.1. The summed E-state index contributed by atoms with van der Waals surface area (Å²) < 4.78 is 48.4. The van der Waals surface area contributed by atoms with Crippen LogP contribution in [0.5, 0.6) is 0 Å².